The van der Waals surface area contributed by atoms with Crippen molar-refractivity contribution < 1.29 is 0 Å². The molecule has 0 bridgehead atoms. The normalized spacial score (nSPS) is 23.3. The van der Waals surface area contributed by atoms with Gasteiger partial charge in [-0.05, 0) is 38.7 Å². The standard InChI is InChI=1S/C14H21N5S/c1-8-5-4-6-19(10(8)3)12-11-7-9(2)20-13(11)17-14(16-12)18-15/h7-8,10H,4-6,15H2,1-3H3,(H,16,17,18). The summed E-state index contributed by atoms with van der Waals surface area (Å²) < 4.78 is 0. The number of rotatable bonds is 2. The van der Waals surface area contributed by atoms with Crippen molar-refractivity contribution in [2.24, 2.45) is 11.8 Å². The summed E-state index contributed by atoms with van der Waals surface area (Å²) in [4.78, 5) is 13.8. The summed E-state index contributed by atoms with van der Waals surface area (Å²) in [5, 5.41) is 1.15. The number of anilines is 2. The Morgan fingerprint density at radius 3 is 2.95 bits per heavy atom. The van der Waals surface area contributed by atoms with Gasteiger partial charge in [-0.3, -0.25) is 5.43 Å². The quantitative estimate of drug-likeness (QED) is 0.658. The summed E-state index contributed by atoms with van der Waals surface area (Å²) in [7, 11) is 0. The van der Waals surface area contributed by atoms with Crippen LogP contribution in [0.5, 0.6) is 0 Å². The number of nitrogens with zero attached hydrogens (tertiary/aromatic N) is 3. The lowest BCUT2D eigenvalue weighted by molar-refractivity contribution is 0.362. The van der Waals surface area contributed by atoms with Crippen LogP contribution in [0.3, 0.4) is 0 Å². The number of aromatic nitrogens is 2. The van der Waals surface area contributed by atoms with Gasteiger partial charge in [0.2, 0.25) is 5.95 Å². The van der Waals surface area contributed by atoms with Crippen LogP contribution >= 0.6 is 11.3 Å². The molecule has 2 unspecified atom stereocenters. The molecule has 3 heterocycles. The molecule has 0 amide bonds. The van der Waals surface area contributed by atoms with E-state index >= 15 is 0 Å². The van der Waals surface area contributed by atoms with Crippen molar-refractivity contribution in [3.8, 4) is 0 Å². The Kier molecular flexibility index (Phi) is 3.52. The molecule has 0 radical (unpaired) electrons. The van der Waals surface area contributed by atoms with Gasteiger partial charge >= 0.3 is 0 Å². The molecule has 0 spiro atoms. The Balaban J connectivity index is 2.13. The molecule has 2 aromatic rings. The van der Waals surface area contributed by atoms with Gasteiger partial charge in [0.05, 0.1) is 5.39 Å². The predicted octanol–water partition coefficient (Wildman–Crippen LogP) is 2.91. The lowest BCUT2D eigenvalue weighted by Crippen LogP contribution is -2.43. The molecule has 0 aromatic carbocycles. The highest BCUT2D eigenvalue weighted by atomic mass is 32.1. The topological polar surface area (TPSA) is 67.1 Å². The number of piperidine rings is 1. The molecular formula is C14H21N5S. The van der Waals surface area contributed by atoms with Gasteiger partial charge in [-0.2, -0.15) is 4.98 Å². The van der Waals surface area contributed by atoms with Crippen molar-refractivity contribution in [3.63, 3.8) is 0 Å². The van der Waals surface area contributed by atoms with E-state index in [1.165, 1.54) is 17.7 Å². The van der Waals surface area contributed by atoms with Crippen LogP contribution in [0, 0.1) is 12.8 Å². The number of fused-ring (bicyclic) bond motifs is 1. The molecule has 1 saturated heterocycles. The van der Waals surface area contributed by atoms with Gasteiger partial charge in [0.1, 0.15) is 10.6 Å². The van der Waals surface area contributed by atoms with Crippen LogP contribution in [0.25, 0.3) is 10.2 Å². The highest BCUT2D eigenvalue weighted by Gasteiger charge is 2.27. The van der Waals surface area contributed by atoms with E-state index in [1.54, 1.807) is 11.3 Å². The third-order valence-electron chi connectivity index (χ3n) is 4.27. The lowest BCUT2D eigenvalue weighted by atomic mass is 9.92. The van der Waals surface area contributed by atoms with E-state index < -0.39 is 0 Å². The molecular weight excluding hydrogens is 270 g/mol. The summed E-state index contributed by atoms with van der Waals surface area (Å²) in [5.74, 6) is 7.72. The minimum Gasteiger partial charge on any atom is -0.353 e. The van der Waals surface area contributed by atoms with Crippen LogP contribution in [0.15, 0.2) is 6.07 Å². The largest absolute Gasteiger partial charge is 0.353 e. The van der Waals surface area contributed by atoms with Gasteiger partial charge in [0.25, 0.3) is 0 Å². The molecule has 1 aliphatic rings. The molecule has 0 aliphatic carbocycles. The summed E-state index contributed by atoms with van der Waals surface area (Å²) >= 11 is 1.69. The maximum Gasteiger partial charge on any atom is 0.240 e. The summed E-state index contributed by atoms with van der Waals surface area (Å²) in [6.45, 7) is 7.76. The van der Waals surface area contributed by atoms with Gasteiger partial charge in [0, 0.05) is 17.5 Å². The van der Waals surface area contributed by atoms with E-state index in [1.807, 2.05) is 0 Å². The number of nitrogen functional groups attached to an aromatic ring is 1. The molecule has 0 saturated carbocycles. The maximum absolute atomic E-state index is 5.52. The van der Waals surface area contributed by atoms with E-state index in [2.05, 4.69) is 47.1 Å². The number of hydrogen-bond acceptors (Lipinski definition) is 6. The Morgan fingerprint density at radius 1 is 1.40 bits per heavy atom. The van der Waals surface area contributed by atoms with Gasteiger partial charge in [-0.25, -0.2) is 10.8 Å². The number of thiophene rings is 1. The highest BCUT2D eigenvalue weighted by molar-refractivity contribution is 7.18. The van der Waals surface area contributed by atoms with Crippen molar-refractivity contribution in [2.75, 3.05) is 16.9 Å². The first-order chi connectivity index (χ1) is 9.60. The van der Waals surface area contributed by atoms with Gasteiger partial charge in [-0.15, -0.1) is 11.3 Å². The van der Waals surface area contributed by atoms with Crippen molar-refractivity contribution in [1.82, 2.24) is 9.97 Å². The SMILES string of the molecule is Cc1cc2c(N3CCCC(C)C3C)nc(NN)nc2s1. The van der Waals surface area contributed by atoms with Gasteiger partial charge < -0.3 is 4.90 Å². The van der Waals surface area contributed by atoms with Gasteiger partial charge in [0.15, 0.2) is 0 Å². The number of aryl methyl sites for hydroxylation is 1. The lowest BCUT2D eigenvalue weighted by Gasteiger charge is -2.39. The van der Waals surface area contributed by atoms with E-state index in [9.17, 15) is 0 Å². The maximum atomic E-state index is 5.52. The van der Waals surface area contributed by atoms with Gasteiger partial charge in [-0.1, -0.05) is 6.92 Å². The summed E-state index contributed by atoms with van der Waals surface area (Å²) in [5.41, 5.74) is 2.59. The molecule has 1 aliphatic heterocycles. The fraction of sp³-hybridized carbons (Fsp3) is 0.571. The monoisotopic (exact) mass is 291 g/mol. The molecule has 6 heteroatoms. The minimum atomic E-state index is 0.493. The number of nitrogens with one attached hydrogen (secondary N) is 1. The first kappa shape index (κ1) is 13.6. The second-order valence-electron chi connectivity index (χ2n) is 5.64. The average Bonchev–Trinajstić information content (AvgIpc) is 2.81. The number of hydrazine groups is 1. The third kappa shape index (κ3) is 2.23. The van der Waals surface area contributed by atoms with Crippen molar-refractivity contribution >= 4 is 33.3 Å². The van der Waals surface area contributed by atoms with Crippen LogP contribution < -0.4 is 16.2 Å². The number of nitrogens with two attached hydrogens (primary N) is 1. The molecule has 3 rings (SSSR count). The Bertz CT molecular complexity index is 623. The Hall–Kier alpha value is -1.40. The highest BCUT2D eigenvalue weighted by Crippen LogP contribution is 2.35. The third-order valence-corrected chi connectivity index (χ3v) is 5.21. The second-order valence-corrected chi connectivity index (χ2v) is 6.88. The zero-order valence-corrected chi connectivity index (χ0v) is 13.0. The van der Waals surface area contributed by atoms with Crippen molar-refractivity contribution in [1.29, 1.82) is 0 Å². The molecule has 1 fully saturated rings. The molecule has 2 aromatic heterocycles. The smallest absolute Gasteiger partial charge is 0.240 e. The molecule has 2 atom stereocenters. The fourth-order valence-corrected chi connectivity index (χ4v) is 3.82. The number of hydrogen-bond donors (Lipinski definition) is 2. The fourth-order valence-electron chi connectivity index (χ4n) is 2.94. The molecule has 108 valence electrons. The summed E-state index contributed by atoms with van der Waals surface area (Å²) in [6, 6.07) is 2.68. The molecule has 3 N–H and O–H groups in total. The summed E-state index contributed by atoms with van der Waals surface area (Å²) in [6.07, 6.45) is 2.50. The zero-order chi connectivity index (χ0) is 14.3. The van der Waals surface area contributed by atoms with Crippen LogP contribution in [0.4, 0.5) is 11.8 Å². The van der Waals surface area contributed by atoms with Crippen LogP contribution in [-0.2, 0) is 0 Å². The van der Waals surface area contributed by atoms with Crippen molar-refractivity contribution in [3.05, 3.63) is 10.9 Å². The Morgan fingerprint density at radius 2 is 2.20 bits per heavy atom. The van der Waals surface area contributed by atoms with E-state index in [0.29, 0.717) is 17.9 Å². The van der Waals surface area contributed by atoms with E-state index in [4.69, 9.17) is 5.84 Å². The first-order valence-electron chi connectivity index (χ1n) is 7.11. The average molecular weight is 291 g/mol. The minimum absolute atomic E-state index is 0.493. The second kappa shape index (κ2) is 5.18. The van der Waals surface area contributed by atoms with Crippen LogP contribution in [0.2, 0.25) is 0 Å². The Labute approximate surface area is 123 Å². The van der Waals surface area contributed by atoms with E-state index in [0.717, 1.165) is 22.6 Å². The first-order valence-corrected chi connectivity index (χ1v) is 7.93. The molecule has 5 nitrogen and oxygen atoms in total. The zero-order valence-electron chi connectivity index (χ0n) is 12.2. The van der Waals surface area contributed by atoms with E-state index in [-0.39, 0.29) is 0 Å². The van der Waals surface area contributed by atoms with Crippen molar-refractivity contribution in [2.45, 2.75) is 39.7 Å². The molecule has 20 heavy (non-hydrogen) atoms. The van der Waals surface area contributed by atoms with Crippen LogP contribution in [0.1, 0.15) is 31.6 Å². The van der Waals surface area contributed by atoms with Crippen LogP contribution in [-0.4, -0.2) is 22.6 Å². The predicted molar refractivity (Wildman–Crippen MR) is 85.2 cm³/mol.